The minimum atomic E-state index is -0.445. The summed E-state index contributed by atoms with van der Waals surface area (Å²) in [5.74, 6) is -0.280. The van der Waals surface area contributed by atoms with Crippen molar-refractivity contribution in [3.8, 4) is 11.1 Å². The first-order valence-corrected chi connectivity index (χ1v) is 7.85. The van der Waals surface area contributed by atoms with Crippen LogP contribution in [0.2, 0.25) is 5.02 Å². The lowest BCUT2D eigenvalue weighted by atomic mass is 10.1. The molecule has 0 saturated carbocycles. The van der Waals surface area contributed by atoms with E-state index in [1.165, 1.54) is 22.3 Å². The van der Waals surface area contributed by atoms with Crippen molar-refractivity contribution in [3.63, 3.8) is 0 Å². The van der Waals surface area contributed by atoms with Crippen LogP contribution in [-0.2, 0) is 4.79 Å². The van der Waals surface area contributed by atoms with Crippen molar-refractivity contribution >= 4 is 34.8 Å². The molecule has 0 radical (unpaired) electrons. The fourth-order valence-electron chi connectivity index (χ4n) is 2.24. The van der Waals surface area contributed by atoms with Gasteiger partial charge in [0.25, 0.3) is 0 Å². The molecule has 0 saturated heterocycles. The molecule has 3 rings (SSSR count). The smallest absolute Gasteiger partial charge is 0.231 e. The maximum Gasteiger partial charge on any atom is 0.231 e. The van der Waals surface area contributed by atoms with Gasteiger partial charge in [0.05, 0.1) is 17.5 Å². The number of aliphatic imine (C=N–C) groups is 1. The number of benzene rings is 1. The Hall–Kier alpha value is -1.92. The average molecular weight is 338 g/mol. The van der Waals surface area contributed by atoms with Gasteiger partial charge >= 0.3 is 0 Å². The second kappa shape index (κ2) is 5.70. The van der Waals surface area contributed by atoms with Crippen LogP contribution in [0.5, 0.6) is 0 Å². The van der Waals surface area contributed by atoms with E-state index in [0.717, 1.165) is 16.0 Å². The Kier molecular flexibility index (Phi) is 3.88. The van der Waals surface area contributed by atoms with Gasteiger partial charge in [0.15, 0.2) is 5.96 Å². The Morgan fingerprint density at radius 3 is 2.86 bits per heavy atom. The number of nitrogens with zero attached hydrogens (tertiary/aromatic N) is 2. The van der Waals surface area contributed by atoms with Gasteiger partial charge in [-0.2, -0.15) is 0 Å². The molecule has 0 fully saturated rings. The molecule has 114 valence electrons. The van der Waals surface area contributed by atoms with Crippen molar-refractivity contribution in [2.45, 2.75) is 12.5 Å². The average Bonchev–Trinajstić information content (AvgIpc) is 2.97. The van der Waals surface area contributed by atoms with E-state index in [9.17, 15) is 9.18 Å². The molecule has 1 unspecified atom stereocenters. The van der Waals surface area contributed by atoms with Gasteiger partial charge in [-0.3, -0.25) is 9.69 Å². The van der Waals surface area contributed by atoms with E-state index in [1.807, 2.05) is 11.4 Å². The molecular formula is C15H13ClFN3OS. The molecule has 1 aliphatic heterocycles. The van der Waals surface area contributed by atoms with Crippen molar-refractivity contribution in [1.29, 1.82) is 0 Å². The van der Waals surface area contributed by atoms with Crippen LogP contribution in [0.3, 0.4) is 0 Å². The maximum absolute atomic E-state index is 13.2. The molecule has 2 N–H and O–H groups in total. The minimum absolute atomic E-state index is 0.0581. The number of rotatable bonds is 2. The molecule has 1 aromatic heterocycles. The topological polar surface area (TPSA) is 58.7 Å². The van der Waals surface area contributed by atoms with Crippen molar-refractivity contribution in [3.05, 3.63) is 45.4 Å². The fraction of sp³-hybridized carbons (Fsp3) is 0.200. The second-order valence-corrected chi connectivity index (χ2v) is 6.38. The SMILES string of the molecule is CN1C(=O)CC(c2cc(-c3ccc(F)c(Cl)c3)cs2)N=C1N. The molecule has 0 aliphatic carbocycles. The minimum Gasteiger partial charge on any atom is -0.369 e. The Labute approximate surface area is 136 Å². The molecular weight excluding hydrogens is 325 g/mol. The normalized spacial score (nSPS) is 18.5. The van der Waals surface area contributed by atoms with Gasteiger partial charge in [-0.25, -0.2) is 9.38 Å². The van der Waals surface area contributed by atoms with Crippen LogP contribution in [0.25, 0.3) is 11.1 Å². The summed E-state index contributed by atoms with van der Waals surface area (Å²) in [7, 11) is 1.61. The molecule has 4 nitrogen and oxygen atoms in total. The zero-order valence-corrected chi connectivity index (χ0v) is 13.3. The number of thiophene rings is 1. The standard InChI is InChI=1S/C15H13ClFN3OS/c1-20-14(21)6-12(19-15(20)18)13-5-9(7-22-13)8-2-3-11(17)10(16)4-8/h2-5,7,12H,6H2,1H3,(H2,18,19). The number of carbonyl (C=O) groups is 1. The summed E-state index contributed by atoms with van der Waals surface area (Å²) in [5, 5.41) is 2.02. The Balaban J connectivity index is 1.91. The molecule has 22 heavy (non-hydrogen) atoms. The molecule has 7 heteroatoms. The van der Waals surface area contributed by atoms with Gasteiger partial charge in [0.2, 0.25) is 5.91 Å². The van der Waals surface area contributed by atoms with Crippen LogP contribution < -0.4 is 5.73 Å². The van der Waals surface area contributed by atoms with Gasteiger partial charge in [0, 0.05) is 11.9 Å². The second-order valence-electron chi connectivity index (χ2n) is 5.03. The molecule has 0 bridgehead atoms. The van der Waals surface area contributed by atoms with Gasteiger partial charge in [-0.1, -0.05) is 17.7 Å². The van der Waals surface area contributed by atoms with Gasteiger partial charge in [0.1, 0.15) is 5.82 Å². The van der Waals surface area contributed by atoms with Crippen LogP contribution in [0.15, 0.2) is 34.6 Å². The highest BCUT2D eigenvalue weighted by atomic mass is 35.5. The Morgan fingerprint density at radius 2 is 2.18 bits per heavy atom. The largest absolute Gasteiger partial charge is 0.369 e. The highest BCUT2D eigenvalue weighted by Crippen LogP contribution is 2.35. The van der Waals surface area contributed by atoms with E-state index in [1.54, 1.807) is 19.2 Å². The lowest BCUT2D eigenvalue weighted by molar-refractivity contribution is -0.127. The lowest BCUT2D eigenvalue weighted by Gasteiger charge is -2.24. The number of carbonyl (C=O) groups excluding carboxylic acids is 1. The van der Waals surface area contributed by atoms with Crippen molar-refractivity contribution in [2.24, 2.45) is 10.7 Å². The predicted molar refractivity (Wildman–Crippen MR) is 86.5 cm³/mol. The van der Waals surface area contributed by atoms with Gasteiger partial charge in [-0.05, 0) is 34.7 Å². The van der Waals surface area contributed by atoms with Crippen LogP contribution >= 0.6 is 22.9 Å². The van der Waals surface area contributed by atoms with Crippen molar-refractivity contribution in [1.82, 2.24) is 4.90 Å². The number of amides is 1. The summed E-state index contributed by atoms with van der Waals surface area (Å²) in [6.45, 7) is 0. The van der Waals surface area contributed by atoms with Crippen LogP contribution in [0, 0.1) is 5.82 Å². The van der Waals surface area contributed by atoms with E-state index in [4.69, 9.17) is 17.3 Å². The number of nitrogens with two attached hydrogens (primary N) is 1. The molecule has 1 aliphatic rings. The first-order chi connectivity index (χ1) is 10.5. The quantitative estimate of drug-likeness (QED) is 0.912. The third-order valence-corrected chi connectivity index (χ3v) is 4.90. The Bertz CT molecular complexity index is 774. The summed E-state index contributed by atoms with van der Waals surface area (Å²) in [4.78, 5) is 18.5. The maximum atomic E-state index is 13.2. The summed E-state index contributed by atoms with van der Waals surface area (Å²) in [5.41, 5.74) is 7.49. The number of halogens is 2. The van der Waals surface area contributed by atoms with Crippen molar-refractivity contribution in [2.75, 3.05) is 7.05 Å². The molecule has 1 aromatic carbocycles. The molecule has 2 heterocycles. The van der Waals surface area contributed by atoms with Crippen LogP contribution in [-0.4, -0.2) is 23.8 Å². The first kappa shape index (κ1) is 15.0. The van der Waals surface area contributed by atoms with E-state index < -0.39 is 5.82 Å². The van der Waals surface area contributed by atoms with E-state index in [0.29, 0.717) is 6.42 Å². The van der Waals surface area contributed by atoms with Gasteiger partial charge < -0.3 is 5.73 Å². The monoisotopic (exact) mass is 337 g/mol. The van der Waals surface area contributed by atoms with Crippen LogP contribution in [0.1, 0.15) is 17.3 Å². The van der Waals surface area contributed by atoms with E-state index in [-0.39, 0.29) is 22.9 Å². The summed E-state index contributed by atoms with van der Waals surface area (Å²) in [6.07, 6.45) is 0.293. The summed E-state index contributed by atoms with van der Waals surface area (Å²) >= 11 is 7.31. The first-order valence-electron chi connectivity index (χ1n) is 6.59. The molecule has 1 amide bonds. The predicted octanol–water partition coefficient (Wildman–Crippen LogP) is 3.43. The highest BCUT2D eigenvalue weighted by molar-refractivity contribution is 7.10. The lowest BCUT2D eigenvalue weighted by Crippen LogP contribution is -2.42. The zero-order chi connectivity index (χ0) is 15.9. The molecule has 1 atom stereocenters. The summed E-state index contributed by atoms with van der Waals surface area (Å²) < 4.78 is 13.2. The van der Waals surface area contributed by atoms with E-state index in [2.05, 4.69) is 4.99 Å². The molecule has 0 spiro atoms. The molecule has 2 aromatic rings. The summed E-state index contributed by atoms with van der Waals surface area (Å²) in [6, 6.07) is 6.27. The van der Waals surface area contributed by atoms with E-state index >= 15 is 0 Å². The third kappa shape index (κ3) is 2.71. The number of hydrogen-bond acceptors (Lipinski definition) is 4. The fourth-order valence-corrected chi connectivity index (χ4v) is 3.38. The zero-order valence-electron chi connectivity index (χ0n) is 11.7. The number of hydrogen-bond donors (Lipinski definition) is 1. The third-order valence-electron chi connectivity index (χ3n) is 3.57. The van der Waals surface area contributed by atoms with Gasteiger partial charge in [-0.15, -0.1) is 11.3 Å². The van der Waals surface area contributed by atoms with Crippen molar-refractivity contribution < 1.29 is 9.18 Å². The Morgan fingerprint density at radius 1 is 1.41 bits per heavy atom. The number of guanidine groups is 1. The van der Waals surface area contributed by atoms with Crippen LogP contribution in [0.4, 0.5) is 4.39 Å². The highest BCUT2D eigenvalue weighted by Gasteiger charge is 2.26.